The largest absolute Gasteiger partial charge is 0.489 e. The Morgan fingerprint density at radius 2 is 2.10 bits per heavy atom. The number of hydrogen-bond acceptors (Lipinski definition) is 6. The van der Waals surface area contributed by atoms with Crippen LogP contribution in [0.1, 0.15) is 52.5 Å². The van der Waals surface area contributed by atoms with E-state index in [0.29, 0.717) is 35.9 Å². The normalized spacial score (nSPS) is 16.3. The van der Waals surface area contributed by atoms with Crippen LogP contribution >= 0.6 is 0 Å². The standard InChI is InChI=1S/C23H28N4O4/c1-15-12-16(2)27(25-15)13-19-17(3)31-26-22(19)23(28)24-20-9-4-5-10-21(20)30-14-18-8-6-7-11-29-18/h4-5,9-10,12,18H,6-8,11,13-14H2,1-3H3,(H,24,28)/t18-/m0/s1. The number of carbonyl (C=O) groups is 1. The molecule has 4 rings (SSSR count). The lowest BCUT2D eigenvalue weighted by molar-refractivity contribution is -0.0109. The van der Waals surface area contributed by atoms with E-state index >= 15 is 0 Å². The van der Waals surface area contributed by atoms with Gasteiger partial charge in [-0.2, -0.15) is 5.10 Å². The van der Waals surface area contributed by atoms with Crippen LogP contribution in [0.25, 0.3) is 0 Å². The van der Waals surface area contributed by atoms with Gasteiger partial charge in [0.1, 0.15) is 18.1 Å². The Morgan fingerprint density at radius 1 is 1.26 bits per heavy atom. The Morgan fingerprint density at radius 3 is 2.84 bits per heavy atom. The van der Waals surface area contributed by atoms with Crippen molar-refractivity contribution in [1.82, 2.24) is 14.9 Å². The molecule has 1 atom stereocenters. The first-order valence-corrected chi connectivity index (χ1v) is 10.6. The zero-order chi connectivity index (χ0) is 21.8. The zero-order valence-corrected chi connectivity index (χ0v) is 18.2. The summed E-state index contributed by atoms with van der Waals surface area (Å²) in [6.45, 7) is 7.36. The van der Waals surface area contributed by atoms with E-state index in [2.05, 4.69) is 15.6 Å². The van der Waals surface area contributed by atoms with Gasteiger partial charge in [-0.1, -0.05) is 17.3 Å². The monoisotopic (exact) mass is 424 g/mol. The lowest BCUT2D eigenvalue weighted by atomic mass is 10.1. The number of aromatic nitrogens is 3. The van der Waals surface area contributed by atoms with Crippen molar-refractivity contribution in [2.24, 2.45) is 0 Å². The van der Waals surface area contributed by atoms with Crippen LogP contribution in [0.3, 0.4) is 0 Å². The number of rotatable bonds is 7. The molecule has 1 aliphatic heterocycles. The number of ether oxygens (including phenoxy) is 2. The molecule has 164 valence electrons. The fourth-order valence-corrected chi connectivity index (χ4v) is 3.74. The SMILES string of the molecule is Cc1cc(C)n(Cc2c(C(=O)Nc3ccccc3OC[C@@H]3CCCCO3)noc2C)n1. The van der Waals surface area contributed by atoms with E-state index in [9.17, 15) is 4.79 Å². The molecule has 1 amide bonds. The maximum absolute atomic E-state index is 13.0. The van der Waals surface area contributed by atoms with E-state index in [1.807, 2.05) is 48.9 Å². The molecule has 0 unspecified atom stereocenters. The van der Waals surface area contributed by atoms with Crippen LogP contribution in [-0.4, -0.2) is 40.2 Å². The van der Waals surface area contributed by atoms with Crippen LogP contribution in [0.5, 0.6) is 5.75 Å². The third-order valence-electron chi connectivity index (χ3n) is 5.44. The highest BCUT2D eigenvalue weighted by molar-refractivity contribution is 6.04. The van der Waals surface area contributed by atoms with Crippen LogP contribution in [0.15, 0.2) is 34.9 Å². The Bertz CT molecular complexity index is 1050. The highest BCUT2D eigenvalue weighted by Crippen LogP contribution is 2.26. The number of nitrogens with one attached hydrogen (secondary N) is 1. The molecule has 2 aromatic heterocycles. The average molecular weight is 425 g/mol. The first-order chi connectivity index (χ1) is 15.0. The molecule has 0 spiro atoms. The molecule has 1 aromatic carbocycles. The average Bonchev–Trinajstić information content (AvgIpc) is 3.29. The molecule has 0 bridgehead atoms. The molecule has 8 heteroatoms. The molecular formula is C23H28N4O4. The molecule has 3 heterocycles. The Labute approximate surface area is 181 Å². The van der Waals surface area contributed by atoms with Crippen molar-refractivity contribution in [1.29, 1.82) is 0 Å². The third kappa shape index (κ3) is 4.96. The summed E-state index contributed by atoms with van der Waals surface area (Å²) in [6, 6.07) is 9.36. The molecule has 1 aliphatic rings. The van der Waals surface area contributed by atoms with Gasteiger partial charge in [0.05, 0.1) is 24.0 Å². The van der Waals surface area contributed by atoms with Crippen molar-refractivity contribution in [3.8, 4) is 5.75 Å². The van der Waals surface area contributed by atoms with Crippen LogP contribution < -0.4 is 10.1 Å². The minimum absolute atomic E-state index is 0.0862. The van der Waals surface area contributed by atoms with Crippen LogP contribution in [-0.2, 0) is 11.3 Å². The van der Waals surface area contributed by atoms with Gasteiger partial charge in [0.15, 0.2) is 5.69 Å². The lowest BCUT2D eigenvalue weighted by Crippen LogP contribution is -2.26. The van der Waals surface area contributed by atoms with Gasteiger partial charge in [-0.05, 0) is 58.2 Å². The molecule has 1 saturated heterocycles. The number of amides is 1. The second-order valence-corrected chi connectivity index (χ2v) is 7.90. The maximum Gasteiger partial charge on any atom is 0.278 e. The Balaban J connectivity index is 1.48. The summed E-state index contributed by atoms with van der Waals surface area (Å²) in [4.78, 5) is 13.0. The number of carbonyl (C=O) groups excluding carboxylic acids is 1. The molecule has 8 nitrogen and oxygen atoms in total. The van der Waals surface area contributed by atoms with Gasteiger partial charge in [0, 0.05) is 17.9 Å². The van der Waals surface area contributed by atoms with Gasteiger partial charge in [-0.25, -0.2) is 0 Å². The quantitative estimate of drug-likeness (QED) is 0.615. The second-order valence-electron chi connectivity index (χ2n) is 7.90. The number of benzene rings is 1. The lowest BCUT2D eigenvalue weighted by Gasteiger charge is -2.23. The summed E-state index contributed by atoms with van der Waals surface area (Å²) >= 11 is 0. The van der Waals surface area contributed by atoms with E-state index in [1.165, 1.54) is 0 Å². The number of hydrogen-bond donors (Lipinski definition) is 1. The molecule has 3 aromatic rings. The smallest absolute Gasteiger partial charge is 0.278 e. The fraction of sp³-hybridized carbons (Fsp3) is 0.435. The van der Waals surface area contributed by atoms with Gasteiger partial charge >= 0.3 is 0 Å². The number of nitrogens with zero attached hydrogens (tertiary/aromatic N) is 3. The summed E-state index contributed by atoms with van der Waals surface area (Å²) in [7, 11) is 0. The van der Waals surface area contributed by atoms with Crippen LogP contribution in [0.2, 0.25) is 0 Å². The zero-order valence-electron chi connectivity index (χ0n) is 18.2. The maximum atomic E-state index is 13.0. The van der Waals surface area contributed by atoms with Crippen molar-refractivity contribution < 1.29 is 18.8 Å². The highest BCUT2D eigenvalue weighted by Gasteiger charge is 2.22. The van der Waals surface area contributed by atoms with Crippen LogP contribution in [0.4, 0.5) is 5.69 Å². The summed E-state index contributed by atoms with van der Waals surface area (Å²) in [5.41, 5.74) is 3.47. The summed E-state index contributed by atoms with van der Waals surface area (Å²) < 4.78 is 18.9. The van der Waals surface area contributed by atoms with E-state index in [-0.39, 0.29) is 17.7 Å². The topological polar surface area (TPSA) is 91.4 Å². The third-order valence-corrected chi connectivity index (χ3v) is 5.44. The Hall–Kier alpha value is -3.13. The van der Waals surface area contributed by atoms with Crippen molar-refractivity contribution in [2.75, 3.05) is 18.5 Å². The predicted molar refractivity (Wildman–Crippen MR) is 116 cm³/mol. The van der Waals surface area contributed by atoms with Crippen molar-refractivity contribution in [3.05, 3.63) is 58.7 Å². The second kappa shape index (κ2) is 9.34. The predicted octanol–water partition coefficient (Wildman–Crippen LogP) is 4.04. The minimum atomic E-state index is -0.349. The fourth-order valence-electron chi connectivity index (χ4n) is 3.74. The number of para-hydroxylation sites is 2. The first-order valence-electron chi connectivity index (χ1n) is 10.6. The first kappa shape index (κ1) is 21.1. The molecule has 1 fully saturated rings. The van der Waals surface area contributed by atoms with Crippen molar-refractivity contribution in [2.45, 2.75) is 52.7 Å². The van der Waals surface area contributed by atoms with Gasteiger partial charge in [0.2, 0.25) is 0 Å². The van der Waals surface area contributed by atoms with Gasteiger partial charge in [-0.3, -0.25) is 9.48 Å². The highest BCUT2D eigenvalue weighted by atomic mass is 16.5. The van der Waals surface area contributed by atoms with E-state index < -0.39 is 0 Å². The number of anilines is 1. The molecular weight excluding hydrogens is 396 g/mol. The van der Waals surface area contributed by atoms with Crippen molar-refractivity contribution in [3.63, 3.8) is 0 Å². The molecule has 0 saturated carbocycles. The summed E-state index contributed by atoms with van der Waals surface area (Å²) in [5, 5.41) is 11.4. The van der Waals surface area contributed by atoms with E-state index in [4.69, 9.17) is 14.0 Å². The van der Waals surface area contributed by atoms with Crippen LogP contribution in [0, 0.1) is 20.8 Å². The molecule has 0 radical (unpaired) electrons. The summed E-state index contributed by atoms with van der Waals surface area (Å²) in [5.74, 6) is 0.848. The number of aryl methyl sites for hydroxylation is 3. The minimum Gasteiger partial charge on any atom is -0.489 e. The van der Waals surface area contributed by atoms with Gasteiger partial charge < -0.3 is 19.3 Å². The molecule has 0 aliphatic carbocycles. The van der Waals surface area contributed by atoms with E-state index in [1.54, 1.807) is 6.92 Å². The van der Waals surface area contributed by atoms with E-state index in [0.717, 1.165) is 37.3 Å². The van der Waals surface area contributed by atoms with Crippen molar-refractivity contribution >= 4 is 11.6 Å². The molecule has 1 N–H and O–H groups in total. The van der Waals surface area contributed by atoms with Gasteiger partial charge in [-0.15, -0.1) is 0 Å². The molecule has 31 heavy (non-hydrogen) atoms. The van der Waals surface area contributed by atoms with Gasteiger partial charge in [0.25, 0.3) is 5.91 Å². The summed E-state index contributed by atoms with van der Waals surface area (Å²) in [6.07, 6.45) is 3.32. The Kier molecular flexibility index (Phi) is 6.36.